The van der Waals surface area contributed by atoms with Crippen molar-refractivity contribution in [3.63, 3.8) is 0 Å². The van der Waals surface area contributed by atoms with Gasteiger partial charge in [-0.15, -0.1) is 0 Å². The fourth-order valence-corrected chi connectivity index (χ4v) is 10.2. The van der Waals surface area contributed by atoms with Gasteiger partial charge >= 0.3 is 12.2 Å². The topological polar surface area (TPSA) is 175 Å². The molecular formula is C47H57ClN8O6. The van der Waals surface area contributed by atoms with Crippen molar-refractivity contribution in [1.82, 2.24) is 40.4 Å². The Morgan fingerprint density at radius 2 is 1.48 bits per heavy atom. The zero-order chi connectivity index (χ0) is 44.1. The van der Waals surface area contributed by atoms with E-state index in [9.17, 15) is 19.2 Å². The van der Waals surface area contributed by atoms with Crippen LogP contribution in [0, 0.1) is 29.6 Å². The molecule has 8 atom stereocenters. The number of likely N-dealkylation sites (tertiary alicyclic amines) is 1. The van der Waals surface area contributed by atoms with Crippen LogP contribution in [0.4, 0.5) is 9.59 Å². The Bertz CT molecular complexity index is 2490. The molecule has 8 rings (SSSR count). The SMILES string of the molecule is COC(=O)N[C@H](C(=O)N(Cc1nc2c(ccc3cc(-c4ccc(-c5nc([C@@H]6[C@H]7CCC[C@H](C7)N6C(=O)[C@@H](NC(=O)OC)C(C)C)[nH]c5Cl)cc4)ccc32)[nH]1)C1[C@@H](C)[C@H]1C)C(C)C. The molecule has 2 saturated carbocycles. The third-order valence-electron chi connectivity index (χ3n) is 13.6. The number of imidazole rings is 2. The Morgan fingerprint density at radius 1 is 0.839 bits per heavy atom. The van der Waals surface area contributed by atoms with E-state index in [1.54, 1.807) is 0 Å². The third-order valence-corrected chi connectivity index (χ3v) is 13.8. The largest absolute Gasteiger partial charge is 0.453 e. The first kappa shape index (κ1) is 43.0. The van der Waals surface area contributed by atoms with Crippen LogP contribution in [0.3, 0.4) is 0 Å². The van der Waals surface area contributed by atoms with Gasteiger partial charge in [0.25, 0.3) is 0 Å². The molecule has 3 aliphatic rings. The highest BCUT2D eigenvalue weighted by Crippen LogP contribution is 2.49. The predicted octanol–water partition coefficient (Wildman–Crippen LogP) is 8.61. The number of methoxy groups -OCH3 is 2. The lowest BCUT2D eigenvalue weighted by Crippen LogP contribution is -2.53. The van der Waals surface area contributed by atoms with Gasteiger partial charge in [0.1, 0.15) is 34.6 Å². The van der Waals surface area contributed by atoms with Crippen LogP contribution < -0.4 is 10.6 Å². The molecule has 14 nitrogen and oxygen atoms in total. The van der Waals surface area contributed by atoms with Crippen molar-refractivity contribution >= 4 is 57.4 Å². The maximum Gasteiger partial charge on any atom is 0.407 e. The maximum absolute atomic E-state index is 14.2. The number of alkyl carbamates (subject to hydrolysis) is 2. The number of aromatic nitrogens is 4. The number of amides is 4. The summed E-state index contributed by atoms with van der Waals surface area (Å²) < 4.78 is 9.68. The number of fused-ring (bicyclic) bond motifs is 5. The number of hydrogen-bond donors (Lipinski definition) is 4. The molecule has 62 heavy (non-hydrogen) atoms. The average Bonchev–Trinajstić information content (AvgIpc) is 3.59. The van der Waals surface area contributed by atoms with Crippen LogP contribution in [0.2, 0.25) is 5.15 Å². The molecule has 1 saturated heterocycles. The van der Waals surface area contributed by atoms with Crippen molar-refractivity contribution in [2.75, 3.05) is 14.2 Å². The van der Waals surface area contributed by atoms with Crippen molar-refractivity contribution in [1.29, 1.82) is 0 Å². The molecule has 0 spiro atoms. The molecule has 328 valence electrons. The number of nitrogens with one attached hydrogen (secondary N) is 4. The quantitative estimate of drug-likeness (QED) is 0.0965. The van der Waals surface area contributed by atoms with Gasteiger partial charge in [-0.2, -0.15) is 0 Å². The average molecular weight is 865 g/mol. The number of carbonyl (C=O) groups is 4. The van der Waals surface area contributed by atoms with Crippen molar-refractivity contribution in [3.05, 3.63) is 71.4 Å². The van der Waals surface area contributed by atoms with E-state index in [1.807, 2.05) is 55.7 Å². The summed E-state index contributed by atoms with van der Waals surface area (Å²) in [6, 6.07) is 16.9. The molecule has 3 fully saturated rings. The van der Waals surface area contributed by atoms with Crippen molar-refractivity contribution < 1.29 is 28.7 Å². The first-order valence-corrected chi connectivity index (χ1v) is 22.2. The summed E-state index contributed by atoms with van der Waals surface area (Å²) >= 11 is 6.88. The Kier molecular flexibility index (Phi) is 12.0. The van der Waals surface area contributed by atoms with Crippen LogP contribution in [0.5, 0.6) is 0 Å². The van der Waals surface area contributed by atoms with Gasteiger partial charge in [-0.05, 0) is 77.5 Å². The number of H-pyrrole nitrogens is 2. The van der Waals surface area contributed by atoms with Gasteiger partial charge in [-0.3, -0.25) is 9.59 Å². The smallest absolute Gasteiger partial charge is 0.407 e. The van der Waals surface area contributed by atoms with Crippen LogP contribution in [-0.4, -0.2) is 92.1 Å². The van der Waals surface area contributed by atoms with Gasteiger partial charge in [0.15, 0.2) is 0 Å². The summed E-state index contributed by atoms with van der Waals surface area (Å²) in [5.74, 6) is 1.68. The Balaban J connectivity index is 1.02. The van der Waals surface area contributed by atoms with E-state index >= 15 is 0 Å². The number of halogens is 1. The van der Waals surface area contributed by atoms with Crippen LogP contribution in [0.1, 0.15) is 84.9 Å². The summed E-state index contributed by atoms with van der Waals surface area (Å²) in [6.45, 7) is 12.2. The molecule has 5 aromatic rings. The van der Waals surface area contributed by atoms with Gasteiger partial charge in [-0.1, -0.05) is 102 Å². The molecule has 3 heterocycles. The van der Waals surface area contributed by atoms with Crippen LogP contribution >= 0.6 is 11.6 Å². The maximum atomic E-state index is 14.2. The molecule has 0 radical (unpaired) electrons. The van der Waals surface area contributed by atoms with E-state index in [4.69, 9.17) is 31.0 Å². The van der Waals surface area contributed by atoms with Gasteiger partial charge in [0.05, 0.1) is 37.8 Å². The number of carbonyl (C=O) groups excluding carboxylic acids is 4. The highest BCUT2D eigenvalue weighted by atomic mass is 35.5. The van der Waals surface area contributed by atoms with E-state index in [2.05, 4.69) is 70.8 Å². The summed E-state index contributed by atoms with van der Waals surface area (Å²) in [5, 5.41) is 7.94. The molecule has 2 aliphatic carbocycles. The molecule has 15 heteroatoms. The summed E-state index contributed by atoms with van der Waals surface area (Å²) in [6.07, 6.45) is 2.54. The standard InChI is InChI=1S/C47H57ClN8O6/c1-23(2)36(52-46(59)61-7)44(57)55(40-25(5)26(40)6)22-35-49-34-19-17-30-20-29(16-18-33(30)39(34)50-35)27-12-14-28(15-13-27)38-42(48)54-43(51-38)41-31-10-9-11-32(21-31)56(41)45(58)37(24(3)4)53-47(60)62-8/h12-20,23-26,31-32,36-37,40-41H,9-11,21-22H2,1-8H3,(H,49,50)(H,51,54)(H,52,59)(H,53,60)/t25-,26+,31-,32+,36-,37-,40?,41-/m0/s1. The van der Waals surface area contributed by atoms with Crippen molar-refractivity contribution in [2.45, 2.75) is 104 Å². The Labute approximate surface area is 366 Å². The predicted molar refractivity (Wildman–Crippen MR) is 238 cm³/mol. The van der Waals surface area contributed by atoms with Gasteiger partial charge in [0.2, 0.25) is 11.8 Å². The van der Waals surface area contributed by atoms with Crippen LogP contribution in [-0.2, 0) is 25.6 Å². The van der Waals surface area contributed by atoms with Gasteiger partial charge < -0.3 is 39.9 Å². The second-order valence-electron chi connectivity index (χ2n) is 18.1. The summed E-state index contributed by atoms with van der Waals surface area (Å²) in [7, 11) is 2.60. The zero-order valence-corrected chi connectivity index (χ0v) is 37.4. The number of benzene rings is 3. The van der Waals surface area contributed by atoms with Gasteiger partial charge in [-0.25, -0.2) is 19.6 Å². The number of rotatable bonds is 12. The zero-order valence-electron chi connectivity index (χ0n) is 36.6. The lowest BCUT2D eigenvalue weighted by molar-refractivity contribution is -0.138. The summed E-state index contributed by atoms with van der Waals surface area (Å²) in [5.41, 5.74) is 5.23. The lowest BCUT2D eigenvalue weighted by Gasteiger charge is -2.33. The van der Waals surface area contributed by atoms with Crippen molar-refractivity contribution in [2.24, 2.45) is 29.6 Å². The highest BCUT2D eigenvalue weighted by molar-refractivity contribution is 6.32. The van der Waals surface area contributed by atoms with E-state index in [-0.39, 0.29) is 54.2 Å². The highest BCUT2D eigenvalue weighted by Gasteiger charge is 2.51. The van der Waals surface area contributed by atoms with E-state index in [0.29, 0.717) is 34.3 Å². The normalized spacial score (nSPS) is 22.8. The Hall–Kier alpha value is -5.63. The Morgan fingerprint density at radius 3 is 2.13 bits per heavy atom. The minimum absolute atomic E-state index is 0.0436. The molecule has 3 aromatic carbocycles. The number of ether oxygens (including phenoxy) is 2. The lowest BCUT2D eigenvalue weighted by atomic mass is 9.87. The third kappa shape index (κ3) is 8.09. The van der Waals surface area contributed by atoms with Crippen molar-refractivity contribution in [3.8, 4) is 22.4 Å². The monoisotopic (exact) mass is 864 g/mol. The molecular weight excluding hydrogens is 808 g/mol. The number of aromatic amines is 2. The molecule has 4 amide bonds. The molecule has 1 aliphatic heterocycles. The summed E-state index contributed by atoms with van der Waals surface area (Å²) in [4.78, 5) is 73.2. The first-order chi connectivity index (χ1) is 29.7. The van der Waals surface area contributed by atoms with E-state index < -0.39 is 24.3 Å². The minimum atomic E-state index is -0.727. The second kappa shape index (κ2) is 17.3. The molecule has 2 bridgehead atoms. The first-order valence-electron chi connectivity index (χ1n) is 21.8. The number of hydrogen-bond acceptors (Lipinski definition) is 8. The number of nitrogens with zero attached hydrogens (tertiary/aromatic N) is 4. The van der Waals surface area contributed by atoms with E-state index in [0.717, 1.165) is 64.2 Å². The van der Waals surface area contributed by atoms with Crippen LogP contribution in [0.25, 0.3) is 44.2 Å². The minimum Gasteiger partial charge on any atom is -0.453 e. The molecule has 1 unspecified atom stereocenters. The molecule has 4 N–H and O–H groups in total. The van der Waals surface area contributed by atoms with Gasteiger partial charge in [0, 0.05) is 23.0 Å². The fraction of sp³-hybridized carbons (Fsp3) is 0.489. The second-order valence-corrected chi connectivity index (χ2v) is 18.5. The van der Waals surface area contributed by atoms with Crippen LogP contribution in [0.15, 0.2) is 54.6 Å². The molecule has 2 aromatic heterocycles. The van der Waals surface area contributed by atoms with E-state index in [1.165, 1.54) is 14.2 Å². The fourth-order valence-electron chi connectivity index (χ4n) is 9.93.